The summed E-state index contributed by atoms with van der Waals surface area (Å²) in [7, 11) is 0. The second-order valence-corrected chi connectivity index (χ2v) is 6.54. The zero-order valence-corrected chi connectivity index (χ0v) is 15.8. The predicted octanol–water partition coefficient (Wildman–Crippen LogP) is 4.96. The smallest absolute Gasteiger partial charge is 0.354 e. The minimum atomic E-state index is -1.10. The van der Waals surface area contributed by atoms with Gasteiger partial charge >= 0.3 is 5.97 Å². The molecule has 0 saturated heterocycles. The highest BCUT2D eigenvalue weighted by molar-refractivity contribution is 6.00. The fraction of sp³-hybridized carbons (Fsp3) is 0.0870. The number of benzene rings is 2. The first-order valence-corrected chi connectivity index (χ1v) is 9.15. The molecule has 0 aliphatic rings. The Morgan fingerprint density at radius 2 is 1.83 bits per heavy atom. The third kappa shape index (κ3) is 3.87. The lowest BCUT2D eigenvalue weighted by Crippen LogP contribution is -2.08. The van der Waals surface area contributed by atoms with E-state index < -0.39 is 5.97 Å². The Balaban J connectivity index is 1.81. The summed E-state index contributed by atoms with van der Waals surface area (Å²) >= 11 is 0. The van der Waals surface area contributed by atoms with Crippen molar-refractivity contribution in [2.45, 2.75) is 13.5 Å². The number of rotatable bonds is 6. The molecule has 0 radical (unpaired) electrons. The van der Waals surface area contributed by atoms with Crippen LogP contribution in [0.25, 0.3) is 10.9 Å². The summed E-state index contributed by atoms with van der Waals surface area (Å²) in [6, 6.07) is 20.9. The van der Waals surface area contributed by atoms with Crippen molar-refractivity contribution in [3.63, 3.8) is 0 Å². The molecular weight excluding hydrogens is 366 g/mol. The fourth-order valence-electron chi connectivity index (χ4n) is 3.15. The molecule has 0 bridgehead atoms. The van der Waals surface area contributed by atoms with Gasteiger partial charge in [0.2, 0.25) is 0 Å². The van der Waals surface area contributed by atoms with Crippen LogP contribution in [0.4, 0.5) is 11.5 Å². The van der Waals surface area contributed by atoms with Crippen LogP contribution >= 0.6 is 0 Å². The van der Waals surface area contributed by atoms with E-state index in [0.717, 1.165) is 10.9 Å². The second-order valence-electron chi connectivity index (χ2n) is 6.54. The number of hydrogen-bond donors (Lipinski definition) is 2. The van der Waals surface area contributed by atoms with E-state index in [1.165, 1.54) is 0 Å². The molecule has 0 saturated carbocycles. The molecule has 4 rings (SSSR count). The molecule has 0 unspecified atom stereocenters. The molecule has 0 aliphatic carbocycles. The van der Waals surface area contributed by atoms with Crippen LogP contribution in [0.5, 0.6) is 5.75 Å². The number of carboxylic acid groups (broad SMARTS) is 1. The summed E-state index contributed by atoms with van der Waals surface area (Å²) in [4.78, 5) is 20.5. The van der Waals surface area contributed by atoms with Gasteiger partial charge in [0.15, 0.2) is 5.69 Å². The number of para-hydroxylation sites is 1. The lowest BCUT2D eigenvalue weighted by molar-refractivity contribution is 0.0689. The average molecular weight is 385 g/mol. The molecule has 2 heterocycles. The first-order chi connectivity index (χ1) is 14.1. The van der Waals surface area contributed by atoms with Crippen LogP contribution in [-0.4, -0.2) is 21.0 Å². The Morgan fingerprint density at radius 1 is 1.03 bits per heavy atom. The van der Waals surface area contributed by atoms with Gasteiger partial charge in [0.05, 0.1) is 11.2 Å². The van der Waals surface area contributed by atoms with Crippen molar-refractivity contribution in [3.05, 3.63) is 89.7 Å². The van der Waals surface area contributed by atoms with Crippen molar-refractivity contribution in [2.24, 2.45) is 0 Å². The lowest BCUT2D eigenvalue weighted by Gasteiger charge is -2.16. The van der Waals surface area contributed by atoms with E-state index in [1.54, 1.807) is 13.1 Å². The SMILES string of the molecule is Cc1c(C(=O)O)nc2c(Nc3ccccn3)cccc2c1OCc1ccccc1. The van der Waals surface area contributed by atoms with Crippen LogP contribution in [0, 0.1) is 6.92 Å². The number of ether oxygens (including phenoxy) is 1. The van der Waals surface area contributed by atoms with Crippen LogP contribution in [0.2, 0.25) is 0 Å². The van der Waals surface area contributed by atoms with Gasteiger partial charge in [-0.05, 0) is 36.8 Å². The number of nitrogens with one attached hydrogen (secondary N) is 1. The topological polar surface area (TPSA) is 84.3 Å². The summed E-state index contributed by atoms with van der Waals surface area (Å²) in [5.74, 6) is 0.0635. The maximum absolute atomic E-state index is 11.8. The van der Waals surface area contributed by atoms with E-state index in [-0.39, 0.29) is 5.69 Å². The number of anilines is 2. The van der Waals surface area contributed by atoms with Gasteiger partial charge in [0.1, 0.15) is 18.2 Å². The van der Waals surface area contributed by atoms with E-state index >= 15 is 0 Å². The fourth-order valence-corrected chi connectivity index (χ4v) is 3.15. The van der Waals surface area contributed by atoms with Crippen molar-refractivity contribution < 1.29 is 14.6 Å². The minimum absolute atomic E-state index is 0.0316. The van der Waals surface area contributed by atoms with E-state index in [1.807, 2.05) is 66.7 Å². The number of carboxylic acids is 1. The highest BCUT2D eigenvalue weighted by Gasteiger charge is 2.19. The third-order valence-corrected chi connectivity index (χ3v) is 4.56. The van der Waals surface area contributed by atoms with Crippen molar-refractivity contribution in [1.82, 2.24) is 9.97 Å². The normalized spacial score (nSPS) is 10.7. The molecule has 0 aliphatic heterocycles. The molecular formula is C23H19N3O3. The average Bonchev–Trinajstić information content (AvgIpc) is 2.74. The van der Waals surface area contributed by atoms with Crippen molar-refractivity contribution >= 4 is 28.4 Å². The van der Waals surface area contributed by atoms with Crippen molar-refractivity contribution in [2.75, 3.05) is 5.32 Å². The molecule has 0 spiro atoms. The van der Waals surface area contributed by atoms with Crippen molar-refractivity contribution in [3.8, 4) is 5.75 Å². The number of pyridine rings is 2. The zero-order chi connectivity index (χ0) is 20.2. The van der Waals surface area contributed by atoms with E-state index in [9.17, 15) is 9.90 Å². The maximum atomic E-state index is 11.8. The quantitative estimate of drug-likeness (QED) is 0.488. The van der Waals surface area contributed by atoms with Gasteiger partial charge in [-0.2, -0.15) is 0 Å². The van der Waals surface area contributed by atoms with Crippen LogP contribution in [0.3, 0.4) is 0 Å². The van der Waals surface area contributed by atoms with Gasteiger partial charge in [-0.1, -0.05) is 42.5 Å². The van der Waals surface area contributed by atoms with Crippen LogP contribution in [0.15, 0.2) is 72.9 Å². The Kier molecular flexibility index (Phi) is 5.07. The maximum Gasteiger partial charge on any atom is 0.354 e. The molecule has 0 atom stereocenters. The number of fused-ring (bicyclic) bond motifs is 1. The number of aromatic nitrogens is 2. The summed E-state index contributed by atoms with van der Waals surface area (Å²) in [6.45, 7) is 2.05. The Labute approximate surface area is 167 Å². The van der Waals surface area contributed by atoms with Gasteiger partial charge < -0.3 is 15.2 Å². The van der Waals surface area contributed by atoms with Gasteiger partial charge in [-0.15, -0.1) is 0 Å². The largest absolute Gasteiger partial charge is 0.488 e. The monoisotopic (exact) mass is 385 g/mol. The third-order valence-electron chi connectivity index (χ3n) is 4.56. The van der Waals surface area contributed by atoms with E-state index in [2.05, 4.69) is 15.3 Å². The molecule has 0 amide bonds. The highest BCUT2D eigenvalue weighted by atomic mass is 16.5. The highest BCUT2D eigenvalue weighted by Crippen LogP contribution is 2.35. The summed E-state index contributed by atoms with van der Waals surface area (Å²) in [5.41, 5.74) is 2.64. The summed E-state index contributed by atoms with van der Waals surface area (Å²) in [6.07, 6.45) is 1.68. The van der Waals surface area contributed by atoms with Gasteiger partial charge in [-0.25, -0.2) is 14.8 Å². The molecule has 2 N–H and O–H groups in total. The van der Waals surface area contributed by atoms with Crippen LogP contribution < -0.4 is 10.1 Å². The van der Waals surface area contributed by atoms with E-state index in [4.69, 9.17) is 4.74 Å². The number of aromatic carboxylic acids is 1. The first-order valence-electron chi connectivity index (χ1n) is 9.15. The molecule has 6 nitrogen and oxygen atoms in total. The Morgan fingerprint density at radius 3 is 2.55 bits per heavy atom. The number of carbonyl (C=O) groups is 1. The number of hydrogen-bond acceptors (Lipinski definition) is 5. The summed E-state index contributed by atoms with van der Waals surface area (Å²) in [5, 5.41) is 13.6. The molecule has 144 valence electrons. The lowest BCUT2D eigenvalue weighted by atomic mass is 10.1. The van der Waals surface area contributed by atoms with Crippen molar-refractivity contribution in [1.29, 1.82) is 0 Å². The van der Waals surface area contributed by atoms with Crippen LogP contribution in [-0.2, 0) is 6.61 Å². The molecule has 6 heteroatoms. The molecule has 2 aromatic heterocycles. The molecule has 4 aromatic rings. The van der Waals surface area contributed by atoms with E-state index in [0.29, 0.717) is 34.9 Å². The minimum Gasteiger partial charge on any atom is -0.488 e. The first kappa shape index (κ1) is 18.4. The Bertz CT molecular complexity index is 1160. The predicted molar refractivity (Wildman–Crippen MR) is 112 cm³/mol. The zero-order valence-electron chi connectivity index (χ0n) is 15.8. The number of nitrogens with zero attached hydrogens (tertiary/aromatic N) is 2. The Hall–Kier alpha value is -3.93. The molecule has 29 heavy (non-hydrogen) atoms. The van der Waals surface area contributed by atoms with Gasteiger partial charge in [0, 0.05) is 17.1 Å². The second kappa shape index (κ2) is 7.98. The summed E-state index contributed by atoms with van der Waals surface area (Å²) < 4.78 is 6.09. The molecule has 2 aromatic carbocycles. The van der Waals surface area contributed by atoms with Gasteiger partial charge in [-0.3, -0.25) is 0 Å². The van der Waals surface area contributed by atoms with Gasteiger partial charge in [0.25, 0.3) is 0 Å². The van der Waals surface area contributed by atoms with Crippen LogP contribution in [0.1, 0.15) is 21.6 Å². The standard InChI is InChI=1S/C23H19N3O3/c1-15-20(23(27)28)26-21-17(22(15)29-14-16-8-3-2-4-9-16)10-7-11-18(21)25-19-12-5-6-13-24-19/h2-13H,14H2,1H3,(H,24,25)(H,27,28). The molecule has 0 fully saturated rings.